The molecule has 0 aliphatic heterocycles. The lowest BCUT2D eigenvalue weighted by molar-refractivity contribution is 0.795. The van der Waals surface area contributed by atoms with Crippen molar-refractivity contribution in [3.05, 3.63) is 277 Å². The minimum absolute atomic E-state index is 0.506. The maximum absolute atomic E-state index is 2.50. The van der Waals surface area contributed by atoms with Crippen LogP contribution in [0.15, 0.2) is 255 Å². The molecule has 1 unspecified atom stereocenters. The molecule has 11 aromatic rings. The Morgan fingerprint density at radius 3 is 1.26 bits per heavy atom. The van der Waals surface area contributed by atoms with E-state index in [1.54, 1.807) is 0 Å². The Morgan fingerprint density at radius 1 is 0.215 bits per heavy atom. The summed E-state index contributed by atoms with van der Waals surface area (Å²) in [5, 5.41) is 5.05. The van der Waals surface area contributed by atoms with Gasteiger partial charge in [-0.15, -0.1) is 0 Å². The van der Waals surface area contributed by atoms with Crippen LogP contribution in [0.2, 0.25) is 0 Å². The first-order valence-corrected chi connectivity index (χ1v) is 22.5. The molecule has 0 saturated carbocycles. The summed E-state index contributed by atoms with van der Waals surface area (Å²) in [5.41, 5.74) is 18.9. The Hall–Kier alpha value is -8.46. The number of anilines is 6. The second-order valence-corrected chi connectivity index (χ2v) is 17.3. The highest BCUT2D eigenvalue weighted by molar-refractivity contribution is 6.04. The highest BCUT2D eigenvalue weighted by Gasteiger charge is 2.52. The predicted molar refractivity (Wildman–Crippen MR) is 273 cm³/mol. The van der Waals surface area contributed by atoms with Gasteiger partial charge in [-0.1, -0.05) is 164 Å². The Kier molecular flexibility index (Phi) is 8.47. The molecular formula is C63H42N2. The van der Waals surface area contributed by atoms with Gasteiger partial charge in [0.25, 0.3) is 0 Å². The highest BCUT2D eigenvalue weighted by atomic mass is 15.2. The first kappa shape index (κ1) is 37.1. The van der Waals surface area contributed by atoms with Gasteiger partial charge in [-0.05, 0) is 168 Å². The zero-order valence-corrected chi connectivity index (χ0v) is 35.6. The monoisotopic (exact) mass is 826 g/mol. The van der Waals surface area contributed by atoms with E-state index in [0.29, 0.717) is 0 Å². The van der Waals surface area contributed by atoms with Crippen molar-refractivity contribution in [3.63, 3.8) is 0 Å². The fourth-order valence-corrected chi connectivity index (χ4v) is 11.0. The number of benzene rings is 11. The van der Waals surface area contributed by atoms with Crippen molar-refractivity contribution in [1.82, 2.24) is 0 Å². The largest absolute Gasteiger partial charge is 0.310 e. The van der Waals surface area contributed by atoms with Gasteiger partial charge >= 0.3 is 0 Å². The molecule has 304 valence electrons. The number of hydrogen-bond donors (Lipinski definition) is 0. The Bertz CT molecular complexity index is 3600. The van der Waals surface area contributed by atoms with Gasteiger partial charge in [-0.2, -0.15) is 0 Å². The molecule has 65 heavy (non-hydrogen) atoms. The maximum Gasteiger partial charge on any atom is 0.0726 e. The first-order chi connectivity index (χ1) is 32.2. The molecule has 13 rings (SSSR count). The molecular weight excluding hydrogens is 785 g/mol. The summed E-state index contributed by atoms with van der Waals surface area (Å²) in [6.07, 6.45) is 0. The quantitative estimate of drug-likeness (QED) is 0.148. The van der Waals surface area contributed by atoms with Crippen LogP contribution in [0.25, 0.3) is 54.9 Å². The van der Waals surface area contributed by atoms with E-state index in [4.69, 9.17) is 0 Å². The van der Waals surface area contributed by atoms with Gasteiger partial charge in [0, 0.05) is 34.1 Å². The van der Waals surface area contributed by atoms with Gasteiger partial charge in [-0.25, -0.2) is 0 Å². The lowest BCUT2D eigenvalue weighted by atomic mass is 9.70. The van der Waals surface area contributed by atoms with Crippen LogP contribution in [0.3, 0.4) is 0 Å². The van der Waals surface area contributed by atoms with Crippen LogP contribution in [0, 0.1) is 0 Å². The maximum atomic E-state index is 2.50. The van der Waals surface area contributed by atoms with Crippen molar-refractivity contribution in [2.75, 3.05) is 9.80 Å². The summed E-state index contributed by atoms with van der Waals surface area (Å²) in [5.74, 6) is 0. The van der Waals surface area contributed by atoms with E-state index in [1.807, 2.05) is 0 Å². The van der Waals surface area contributed by atoms with E-state index < -0.39 is 5.41 Å². The molecule has 0 amide bonds. The molecule has 1 spiro atoms. The Morgan fingerprint density at radius 2 is 0.631 bits per heavy atom. The number of fused-ring (bicyclic) bond motifs is 12. The van der Waals surface area contributed by atoms with Crippen LogP contribution in [0.4, 0.5) is 34.1 Å². The molecule has 2 aliphatic rings. The van der Waals surface area contributed by atoms with Gasteiger partial charge in [0.2, 0.25) is 0 Å². The SMILES string of the molecule is c1ccc(-c2ccc(N(c3ccccc3)c3cccc(N(c4ccccc4)c4ccc5c(c4)C4(c6ccccc6-5)c5ccccc5-c5cc6cc7ccccc7cc6cc54)c3)cc2)cc1. The minimum atomic E-state index is -0.506. The molecule has 0 radical (unpaired) electrons. The summed E-state index contributed by atoms with van der Waals surface area (Å²) in [6.45, 7) is 0. The van der Waals surface area contributed by atoms with Gasteiger partial charge in [0.05, 0.1) is 5.41 Å². The highest BCUT2D eigenvalue weighted by Crippen LogP contribution is 2.64. The minimum Gasteiger partial charge on any atom is -0.310 e. The molecule has 0 N–H and O–H groups in total. The molecule has 0 fully saturated rings. The second kappa shape index (κ2) is 14.8. The molecule has 0 bridgehead atoms. The van der Waals surface area contributed by atoms with E-state index in [9.17, 15) is 0 Å². The van der Waals surface area contributed by atoms with Gasteiger partial charge in [-0.3, -0.25) is 0 Å². The number of hydrogen-bond acceptors (Lipinski definition) is 2. The summed E-state index contributed by atoms with van der Waals surface area (Å²) in [6, 6.07) is 93.8. The summed E-state index contributed by atoms with van der Waals surface area (Å²) in [7, 11) is 0. The molecule has 1 atom stereocenters. The lowest BCUT2D eigenvalue weighted by Crippen LogP contribution is -2.26. The van der Waals surface area contributed by atoms with Crippen LogP contribution < -0.4 is 9.80 Å². The lowest BCUT2D eigenvalue weighted by Gasteiger charge is -2.33. The summed E-state index contributed by atoms with van der Waals surface area (Å²) >= 11 is 0. The molecule has 2 heteroatoms. The molecule has 0 heterocycles. The van der Waals surface area contributed by atoms with Crippen molar-refractivity contribution >= 4 is 55.7 Å². The molecule has 0 saturated heterocycles. The van der Waals surface area contributed by atoms with Crippen LogP contribution in [-0.4, -0.2) is 0 Å². The molecule has 2 aliphatic carbocycles. The fraction of sp³-hybridized carbons (Fsp3) is 0.0159. The third-order valence-electron chi connectivity index (χ3n) is 13.8. The predicted octanol–water partition coefficient (Wildman–Crippen LogP) is 16.9. The van der Waals surface area contributed by atoms with E-state index in [2.05, 4.69) is 265 Å². The van der Waals surface area contributed by atoms with E-state index in [-0.39, 0.29) is 0 Å². The van der Waals surface area contributed by atoms with E-state index >= 15 is 0 Å². The molecule has 2 nitrogen and oxygen atoms in total. The van der Waals surface area contributed by atoms with Gasteiger partial charge in [0.15, 0.2) is 0 Å². The van der Waals surface area contributed by atoms with Crippen molar-refractivity contribution in [1.29, 1.82) is 0 Å². The smallest absolute Gasteiger partial charge is 0.0726 e. The van der Waals surface area contributed by atoms with Crippen LogP contribution in [-0.2, 0) is 5.41 Å². The third kappa shape index (κ3) is 5.81. The van der Waals surface area contributed by atoms with Crippen molar-refractivity contribution in [3.8, 4) is 33.4 Å². The fourth-order valence-electron chi connectivity index (χ4n) is 11.0. The van der Waals surface area contributed by atoms with Crippen molar-refractivity contribution < 1.29 is 0 Å². The first-order valence-electron chi connectivity index (χ1n) is 22.5. The van der Waals surface area contributed by atoms with Gasteiger partial charge < -0.3 is 9.80 Å². The molecule has 0 aromatic heterocycles. The van der Waals surface area contributed by atoms with Crippen molar-refractivity contribution in [2.24, 2.45) is 0 Å². The van der Waals surface area contributed by atoms with Crippen LogP contribution >= 0.6 is 0 Å². The Labute approximate surface area is 379 Å². The Balaban J connectivity index is 1.00. The zero-order valence-electron chi connectivity index (χ0n) is 35.6. The van der Waals surface area contributed by atoms with E-state index in [1.165, 1.54) is 77.2 Å². The second-order valence-electron chi connectivity index (χ2n) is 17.3. The zero-order chi connectivity index (χ0) is 42.9. The van der Waals surface area contributed by atoms with E-state index in [0.717, 1.165) is 34.1 Å². The van der Waals surface area contributed by atoms with Crippen LogP contribution in [0.5, 0.6) is 0 Å². The standard InChI is InChI=1S/C63H42N2/c1-4-17-43(18-5-1)44-31-33-51(34-32-44)64(49-21-6-2-7-22-49)52-25-16-26-53(41-52)65(50-23-8-3-9-24-50)54-35-36-57-55-27-12-14-29-59(55)63(62(57)42-54)60-30-15-13-28-56(60)58-39-47-37-45-19-10-11-20-46(45)38-48(47)40-61(58)63/h1-42H. The van der Waals surface area contributed by atoms with Gasteiger partial charge in [0.1, 0.15) is 0 Å². The number of para-hydroxylation sites is 2. The molecule has 11 aromatic carbocycles. The summed E-state index contributed by atoms with van der Waals surface area (Å²) < 4.78 is 0. The number of rotatable bonds is 7. The average molecular weight is 827 g/mol. The summed E-state index contributed by atoms with van der Waals surface area (Å²) in [4.78, 5) is 4.78. The topological polar surface area (TPSA) is 6.48 Å². The van der Waals surface area contributed by atoms with Crippen LogP contribution in [0.1, 0.15) is 22.3 Å². The average Bonchev–Trinajstić information content (AvgIpc) is 3.83. The normalized spacial score (nSPS) is 14.2. The third-order valence-corrected chi connectivity index (χ3v) is 13.8. The number of nitrogens with zero attached hydrogens (tertiary/aromatic N) is 2. The van der Waals surface area contributed by atoms with Crippen molar-refractivity contribution in [2.45, 2.75) is 5.41 Å².